The minimum atomic E-state index is -4.37. The van der Waals surface area contributed by atoms with E-state index in [1.54, 1.807) is 30.3 Å². The highest BCUT2D eigenvalue weighted by Crippen LogP contribution is 2.29. The lowest BCUT2D eigenvalue weighted by atomic mass is 9.97. The Morgan fingerprint density at radius 2 is 1.81 bits per heavy atom. The lowest BCUT2D eigenvalue weighted by molar-refractivity contribution is -0.137. The molecule has 7 heteroatoms. The van der Waals surface area contributed by atoms with Gasteiger partial charge in [0.1, 0.15) is 12.4 Å². The first-order valence-corrected chi connectivity index (χ1v) is 8.82. The molecular weight excluding hydrogens is 357 g/mol. The second-order valence-corrected chi connectivity index (χ2v) is 6.52. The Kier molecular flexibility index (Phi) is 6.01. The van der Waals surface area contributed by atoms with E-state index in [-0.39, 0.29) is 18.4 Å². The minimum Gasteiger partial charge on any atom is -0.489 e. The summed E-state index contributed by atoms with van der Waals surface area (Å²) >= 11 is 0. The van der Waals surface area contributed by atoms with Crippen molar-refractivity contribution in [1.82, 2.24) is 5.32 Å². The number of carbonyl (C=O) groups excluding carboxylic acids is 1. The molecule has 1 aliphatic rings. The molecule has 0 aliphatic carbocycles. The van der Waals surface area contributed by atoms with E-state index in [4.69, 9.17) is 4.74 Å². The van der Waals surface area contributed by atoms with E-state index in [2.05, 4.69) is 10.6 Å². The molecule has 3 rings (SSSR count). The normalized spacial score (nSPS) is 15.4. The zero-order valence-electron chi connectivity index (χ0n) is 14.7. The summed E-state index contributed by atoms with van der Waals surface area (Å²) in [5.41, 5.74) is 0.414. The van der Waals surface area contributed by atoms with Crippen LogP contribution in [0.15, 0.2) is 48.5 Å². The highest BCUT2D eigenvalue weighted by molar-refractivity contribution is 5.92. The van der Waals surface area contributed by atoms with Crippen molar-refractivity contribution in [2.24, 2.45) is 5.92 Å². The monoisotopic (exact) mass is 378 g/mol. The zero-order valence-corrected chi connectivity index (χ0v) is 14.7. The zero-order chi connectivity index (χ0) is 19.3. The van der Waals surface area contributed by atoms with E-state index >= 15 is 0 Å². The molecule has 0 bridgehead atoms. The quantitative estimate of drug-likeness (QED) is 0.819. The van der Waals surface area contributed by atoms with E-state index in [1.165, 1.54) is 6.07 Å². The SMILES string of the molecule is O=C(Nc1ccc(OCc2cccc(C(F)(F)F)c2)cc1)C1CCNCC1. The van der Waals surface area contributed by atoms with Crippen LogP contribution in [0.5, 0.6) is 5.75 Å². The van der Waals surface area contributed by atoms with Gasteiger partial charge in [0.05, 0.1) is 5.56 Å². The maximum atomic E-state index is 12.7. The molecule has 1 fully saturated rings. The van der Waals surface area contributed by atoms with Gasteiger partial charge in [0.2, 0.25) is 5.91 Å². The summed E-state index contributed by atoms with van der Waals surface area (Å²) in [5, 5.41) is 6.11. The summed E-state index contributed by atoms with van der Waals surface area (Å²) in [6.45, 7) is 1.73. The molecule has 2 aromatic rings. The Labute approximate surface area is 155 Å². The number of ether oxygens (including phenoxy) is 1. The Morgan fingerprint density at radius 1 is 1.11 bits per heavy atom. The smallest absolute Gasteiger partial charge is 0.416 e. The van der Waals surface area contributed by atoms with Gasteiger partial charge in [-0.1, -0.05) is 12.1 Å². The van der Waals surface area contributed by atoms with Gasteiger partial charge in [0.25, 0.3) is 0 Å². The van der Waals surface area contributed by atoms with E-state index in [9.17, 15) is 18.0 Å². The molecule has 0 atom stereocenters. The van der Waals surface area contributed by atoms with Gasteiger partial charge >= 0.3 is 6.18 Å². The fourth-order valence-corrected chi connectivity index (χ4v) is 2.97. The molecule has 0 radical (unpaired) electrons. The van der Waals surface area contributed by atoms with E-state index < -0.39 is 11.7 Å². The van der Waals surface area contributed by atoms with Crippen molar-refractivity contribution >= 4 is 11.6 Å². The summed E-state index contributed by atoms with van der Waals surface area (Å²) < 4.78 is 43.8. The van der Waals surface area contributed by atoms with Crippen molar-refractivity contribution in [3.63, 3.8) is 0 Å². The average Bonchev–Trinajstić information content (AvgIpc) is 2.68. The highest BCUT2D eigenvalue weighted by atomic mass is 19.4. The molecule has 4 nitrogen and oxygen atoms in total. The van der Waals surface area contributed by atoms with Gasteiger partial charge in [0, 0.05) is 11.6 Å². The predicted octanol–water partition coefficient (Wildman–Crippen LogP) is 4.22. The molecule has 1 saturated heterocycles. The number of nitrogens with one attached hydrogen (secondary N) is 2. The fraction of sp³-hybridized carbons (Fsp3) is 0.350. The van der Waals surface area contributed by atoms with Gasteiger partial charge in [-0.05, 0) is 67.9 Å². The molecule has 2 N–H and O–H groups in total. The third-order valence-electron chi connectivity index (χ3n) is 4.49. The van der Waals surface area contributed by atoms with Crippen molar-refractivity contribution in [2.45, 2.75) is 25.6 Å². The van der Waals surface area contributed by atoms with Gasteiger partial charge in [-0.3, -0.25) is 4.79 Å². The Balaban J connectivity index is 1.54. The van der Waals surface area contributed by atoms with Crippen LogP contribution in [0.1, 0.15) is 24.0 Å². The number of alkyl halides is 3. The molecule has 0 saturated carbocycles. The Morgan fingerprint density at radius 3 is 2.48 bits per heavy atom. The topological polar surface area (TPSA) is 50.4 Å². The van der Waals surface area contributed by atoms with Crippen LogP contribution >= 0.6 is 0 Å². The molecule has 0 spiro atoms. The average molecular weight is 378 g/mol. The van der Waals surface area contributed by atoms with Crippen LogP contribution in [0.4, 0.5) is 18.9 Å². The summed E-state index contributed by atoms with van der Waals surface area (Å²) in [5.74, 6) is 0.546. The first kappa shape index (κ1) is 19.2. The van der Waals surface area contributed by atoms with Crippen LogP contribution in [0.25, 0.3) is 0 Å². The first-order valence-electron chi connectivity index (χ1n) is 8.82. The molecule has 1 heterocycles. The van der Waals surface area contributed by atoms with Crippen LogP contribution in [0.3, 0.4) is 0 Å². The van der Waals surface area contributed by atoms with E-state index in [0.29, 0.717) is 17.0 Å². The van der Waals surface area contributed by atoms with Crippen molar-refractivity contribution < 1.29 is 22.7 Å². The van der Waals surface area contributed by atoms with Crippen LogP contribution < -0.4 is 15.4 Å². The van der Waals surface area contributed by atoms with Crippen molar-refractivity contribution in [3.8, 4) is 5.75 Å². The maximum Gasteiger partial charge on any atom is 0.416 e. The summed E-state index contributed by atoms with van der Waals surface area (Å²) in [6.07, 6.45) is -2.72. The van der Waals surface area contributed by atoms with Crippen LogP contribution in [0.2, 0.25) is 0 Å². The van der Waals surface area contributed by atoms with Crippen LogP contribution in [-0.4, -0.2) is 19.0 Å². The van der Waals surface area contributed by atoms with Gasteiger partial charge in [-0.25, -0.2) is 0 Å². The molecule has 1 amide bonds. The van der Waals surface area contributed by atoms with Gasteiger partial charge in [0.15, 0.2) is 0 Å². The maximum absolute atomic E-state index is 12.7. The number of anilines is 1. The molecule has 2 aromatic carbocycles. The summed E-state index contributed by atoms with van der Waals surface area (Å²) in [6, 6.07) is 11.9. The fourth-order valence-electron chi connectivity index (χ4n) is 2.97. The van der Waals surface area contributed by atoms with Gasteiger partial charge in [-0.15, -0.1) is 0 Å². The molecule has 144 valence electrons. The van der Waals surface area contributed by atoms with E-state index in [0.717, 1.165) is 38.1 Å². The third-order valence-corrected chi connectivity index (χ3v) is 4.49. The number of piperidine rings is 1. The third kappa shape index (κ3) is 5.47. The standard InChI is InChI=1S/C20H21F3N2O2/c21-20(22,23)16-3-1-2-14(12-16)13-27-18-6-4-17(5-7-18)25-19(26)15-8-10-24-11-9-15/h1-7,12,15,24H,8-11,13H2,(H,25,26). The van der Waals surface area contributed by atoms with Gasteiger partial charge < -0.3 is 15.4 Å². The predicted molar refractivity (Wildman–Crippen MR) is 96.4 cm³/mol. The number of carbonyl (C=O) groups is 1. The Bertz CT molecular complexity index is 770. The second-order valence-electron chi connectivity index (χ2n) is 6.52. The lowest BCUT2D eigenvalue weighted by Gasteiger charge is -2.21. The molecule has 27 heavy (non-hydrogen) atoms. The lowest BCUT2D eigenvalue weighted by Crippen LogP contribution is -2.34. The molecular formula is C20H21F3N2O2. The summed E-state index contributed by atoms with van der Waals surface area (Å²) in [4.78, 5) is 12.2. The molecule has 0 unspecified atom stereocenters. The number of rotatable bonds is 5. The highest BCUT2D eigenvalue weighted by Gasteiger charge is 2.30. The molecule has 1 aliphatic heterocycles. The largest absolute Gasteiger partial charge is 0.489 e. The van der Waals surface area contributed by atoms with Crippen LogP contribution in [0, 0.1) is 5.92 Å². The first-order chi connectivity index (χ1) is 12.9. The minimum absolute atomic E-state index is 0.00846. The van der Waals surface area contributed by atoms with E-state index in [1.807, 2.05) is 0 Å². The number of amides is 1. The van der Waals surface area contributed by atoms with Gasteiger partial charge in [-0.2, -0.15) is 13.2 Å². The van der Waals surface area contributed by atoms with Crippen molar-refractivity contribution in [1.29, 1.82) is 0 Å². The number of hydrogen-bond acceptors (Lipinski definition) is 3. The number of benzene rings is 2. The number of hydrogen-bond donors (Lipinski definition) is 2. The Hall–Kier alpha value is -2.54. The van der Waals surface area contributed by atoms with Crippen molar-refractivity contribution in [3.05, 3.63) is 59.7 Å². The van der Waals surface area contributed by atoms with Crippen molar-refractivity contribution in [2.75, 3.05) is 18.4 Å². The number of halogens is 3. The molecule has 0 aromatic heterocycles. The van der Waals surface area contributed by atoms with Crippen LogP contribution in [-0.2, 0) is 17.6 Å². The second kappa shape index (κ2) is 8.43. The summed E-state index contributed by atoms with van der Waals surface area (Å²) in [7, 11) is 0.